The van der Waals surface area contributed by atoms with Crippen molar-refractivity contribution in [2.45, 2.75) is 27.2 Å². The monoisotopic (exact) mass is 226 g/mol. The van der Waals surface area contributed by atoms with E-state index in [1.54, 1.807) is 0 Å². The van der Waals surface area contributed by atoms with E-state index >= 15 is 0 Å². The van der Waals surface area contributed by atoms with Crippen LogP contribution in [0.25, 0.3) is 0 Å². The molecule has 0 saturated carbocycles. The van der Waals surface area contributed by atoms with Crippen LogP contribution >= 0.6 is 0 Å². The average Bonchev–Trinajstić information content (AvgIpc) is 2.18. The molecule has 0 fully saturated rings. The maximum absolute atomic E-state index is 13.0. The normalized spacial score (nSPS) is 12.9. The van der Waals surface area contributed by atoms with Crippen molar-refractivity contribution in [1.82, 2.24) is 0 Å². The molecule has 1 atom stereocenters. The number of benzene rings is 1. The summed E-state index contributed by atoms with van der Waals surface area (Å²) in [5.74, 6) is -1.56. The fraction of sp³-hybridized carbons (Fsp3) is 0.462. The van der Waals surface area contributed by atoms with Gasteiger partial charge in [-0.3, -0.25) is 4.79 Å². The predicted molar refractivity (Wildman–Crippen MR) is 59.1 cm³/mol. The minimum atomic E-state index is -0.858. The third kappa shape index (κ3) is 3.12. The van der Waals surface area contributed by atoms with Crippen LogP contribution in [0.1, 0.15) is 26.3 Å². The van der Waals surface area contributed by atoms with Gasteiger partial charge in [0, 0.05) is 5.92 Å². The molecule has 0 aliphatic carbocycles. The summed E-state index contributed by atoms with van der Waals surface area (Å²) >= 11 is 0. The standard InChI is InChI=1S/C13H16F2O/c1-8(2)11(9(3)16)6-10-4-5-12(14)13(15)7-10/h4-5,7-8,11H,6H2,1-3H3. The van der Waals surface area contributed by atoms with Gasteiger partial charge in [-0.2, -0.15) is 0 Å². The van der Waals surface area contributed by atoms with Crippen LogP contribution in [0.2, 0.25) is 0 Å². The van der Waals surface area contributed by atoms with Gasteiger partial charge in [0.1, 0.15) is 5.78 Å². The molecule has 1 nitrogen and oxygen atoms in total. The molecule has 1 unspecified atom stereocenters. The first-order valence-electron chi connectivity index (χ1n) is 5.36. The lowest BCUT2D eigenvalue weighted by Crippen LogP contribution is -2.20. The van der Waals surface area contributed by atoms with Gasteiger partial charge in [0.05, 0.1) is 0 Å². The SMILES string of the molecule is CC(=O)C(Cc1ccc(F)c(F)c1)C(C)C. The third-order valence-electron chi connectivity index (χ3n) is 2.77. The molecule has 0 radical (unpaired) electrons. The van der Waals surface area contributed by atoms with E-state index < -0.39 is 11.6 Å². The van der Waals surface area contributed by atoms with Gasteiger partial charge in [-0.05, 0) is 37.0 Å². The molecule has 1 aromatic carbocycles. The zero-order chi connectivity index (χ0) is 12.3. The van der Waals surface area contributed by atoms with Crippen LogP contribution < -0.4 is 0 Å². The van der Waals surface area contributed by atoms with E-state index in [1.807, 2.05) is 13.8 Å². The van der Waals surface area contributed by atoms with E-state index in [2.05, 4.69) is 0 Å². The summed E-state index contributed by atoms with van der Waals surface area (Å²) < 4.78 is 25.7. The lowest BCUT2D eigenvalue weighted by atomic mass is 9.86. The predicted octanol–water partition coefficient (Wildman–Crippen LogP) is 3.37. The fourth-order valence-electron chi connectivity index (χ4n) is 1.77. The number of halogens is 2. The fourth-order valence-corrected chi connectivity index (χ4v) is 1.77. The zero-order valence-corrected chi connectivity index (χ0v) is 9.76. The van der Waals surface area contributed by atoms with Crippen molar-refractivity contribution in [1.29, 1.82) is 0 Å². The molecule has 1 rings (SSSR count). The molecule has 0 amide bonds. The van der Waals surface area contributed by atoms with Crippen molar-refractivity contribution in [3.8, 4) is 0 Å². The van der Waals surface area contributed by atoms with E-state index in [4.69, 9.17) is 0 Å². The van der Waals surface area contributed by atoms with Crippen LogP contribution in [0, 0.1) is 23.5 Å². The Morgan fingerprint density at radius 3 is 2.31 bits per heavy atom. The molecular weight excluding hydrogens is 210 g/mol. The van der Waals surface area contributed by atoms with Crippen LogP contribution in [0.4, 0.5) is 8.78 Å². The van der Waals surface area contributed by atoms with Crippen molar-refractivity contribution in [2.75, 3.05) is 0 Å². The van der Waals surface area contributed by atoms with Crippen molar-refractivity contribution in [2.24, 2.45) is 11.8 Å². The average molecular weight is 226 g/mol. The summed E-state index contributed by atoms with van der Waals surface area (Å²) in [5, 5.41) is 0. The Bertz CT molecular complexity index is 386. The minimum absolute atomic E-state index is 0.0831. The van der Waals surface area contributed by atoms with Crippen molar-refractivity contribution in [3.05, 3.63) is 35.4 Å². The lowest BCUT2D eigenvalue weighted by molar-refractivity contribution is -0.121. The highest BCUT2D eigenvalue weighted by Gasteiger charge is 2.19. The van der Waals surface area contributed by atoms with E-state index in [0.29, 0.717) is 12.0 Å². The molecule has 0 aliphatic heterocycles. The number of ketones is 1. The van der Waals surface area contributed by atoms with Crippen LogP contribution in [-0.4, -0.2) is 5.78 Å². The number of Topliss-reactive ketones (excluding diaryl/α,β-unsaturated/α-hetero) is 1. The lowest BCUT2D eigenvalue weighted by Gasteiger charge is -2.17. The number of hydrogen-bond donors (Lipinski definition) is 0. The van der Waals surface area contributed by atoms with Crippen LogP contribution in [0.5, 0.6) is 0 Å². The number of carbonyl (C=O) groups excluding carboxylic acids is 1. The van der Waals surface area contributed by atoms with Gasteiger partial charge in [-0.25, -0.2) is 8.78 Å². The van der Waals surface area contributed by atoms with E-state index in [0.717, 1.165) is 12.1 Å². The van der Waals surface area contributed by atoms with E-state index in [9.17, 15) is 13.6 Å². The first-order valence-corrected chi connectivity index (χ1v) is 5.36. The summed E-state index contributed by atoms with van der Waals surface area (Å²) in [4.78, 5) is 11.4. The summed E-state index contributed by atoms with van der Waals surface area (Å²) in [7, 11) is 0. The first kappa shape index (κ1) is 12.8. The molecule has 0 spiro atoms. The Morgan fingerprint density at radius 1 is 1.25 bits per heavy atom. The highest BCUT2D eigenvalue weighted by Crippen LogP contribution is 2.19. The molecule has 0 saturated heterocycles. The zero-order valence-electron chi connectivity index (χ0n) is 9.76. The largest absolute Gasteiger partial charge is 0.300 e. The Morgan fingerprint density at radius 2 is 1.88 bits per heavy atom. The summed E-state index contributed by atoms with van der Waals surface area (Å²) in [6.07, 6.45) is 0.462. The van der Waals surface area contributed by atoms with Gasteiger partial charge >= 0.3 is 0 Å². The van der Waals surface area contributed by atoms with Gasteiger partial charge in [0.15, 0.2) is 11.6 Å². The summed E-state index contributed by atoms with van der Waals surface area (Å²) in [6.45, 7) is 5.43. The second-order valence-electron chi connectivity index (χ2n) is 4.41. The van der Waals surface area contributed by atoms with Crippen molar-refractivity contribution < 1.29 is 13.6 Å². The number of carbonyl (C=O) groups is 1. The number of hydrogen-bond acceptors (Lipinski definition) is 1. The highest BCUT2D eigenvalue weighted by atomic mass is 19.2. The molecule has 0 N–H and O–H groups in total. The summed E-state index contributed by atoms with van der Waals surface area (Å²) in [5.41, 5.74) is 0.660. The van der Waals surface area contributed by atoms with Crippen molar-refractivity contribution in [3.63, 3.8) is 0 Å². The molecule has 0 bridgehead atoms. The Kier molecular flexibility index (Phi) is 4.16. The smallest absolute Gasteiger partial charge is 0.159 e. The Labute approximate surface area is 94.5 Å². The van der Waals surface area contributed by atoms with E-state index in [1.165, 1.54) is 13.0 Å². The molecule has 3 heteroatoms. The van der Waals surface area contributed by atoms with Crippen molar-refractivity contribution >= 4 is 5.78 Å². The Hall–Kier alpha value is -1.25. The highest BCUT2D eigenvalue weighted by molar-refractivity contribution is 5.78. The van der Waals surface area contributed by atoms with Gasteiger partial charge in [-0.1, -0.05) is 19.9 Å². The van der Waals surface area contributed by atoms with Gasteiger partial charge in [-0.15, -0.1) is 0 Å². The molecule has 16 heavy (non-hydrogen) atoms. The molecule has 0 aromatic heterocycles. The second-order valence-corrected chi connectivity index (χ2v) is 4.41. The van der Waals surface area contributed by atoms with Crippen LogP contribution in [-0.2, 0) is 11.2 Å². The summed E-state index contributed by atoms with van der Waals surface area (Å²) in [6, 6.07) is 3.78. The van der Waals surface area contributed by atoms with Crippen LogP contribution in [0.15, 0.2) is 18.2 Å². The minimum Gasteiger partial charge on any atom is -0.300 e. The topological polar surface area (TPSA) is 17.1 Å². The first-order chi connectivity index (χ1) is 7.41. The molecular formula is C13H16F2O. The molecule has 88 valence electrons. The molecule has 0 aliphatic rings. The van der Waals surface area contributed by atoms with Gasteiger partial charge in [0.2, 0.25) is 0 Å². The van der Waals surface area contributed by atoms with Crippen LogP contribution in [0.3, 0.4) is 0 Å². The quantitative estimate of drug-likeness (QED) is 0.769. The van der Waals surface area contributed by atoms with Gasteiger partial charge < -0.3 is 0 Å². The second kappa shape index (κ2) is 5.19. The third-order valence-corrected chi connectivity index (χ3v) is 2.77. The maximum atomic E-state index is 13.0. The van der Waals surface area contributed by atoms with E-state index in [-0.39, 0.29) is 17.6 Å². The molecule has 0 heterocycles. The van der Waals surface area contributed by atoms with Gasteiger partial charge in [0.25, 0.3) is 0 Å². The molecule has 1 aromatic rings. The maximum Gasteiger partial charge on any atom is 0.159 e. The number of rotatable bonds is 4. The Balaban J connectivity index is 2.86.